The fraction of sp³-hybridized carbons (Fsp3) is 0. The van der Waals surface area contributed by atoms with E-state index in [2.05, 4.69) is 9.93 Å². The summed E-state index contributed by atoms with van der Waals surface area (Å²) in [5.41, 5.74) is 0.890. The average Bonchev–Trinajstić information content (AvgIpc) is 2.81. The van der Waals surface area contributed by atoms with E-state index >= 15 is 0 Å². The third kappa shape index (κ3) is 4.62. The van der Waals surface area contributed by atoms with Crippen molar-refractivity contribution in [1.82, 2.24) is 4.83 Å². The van der Waals surface area contributed by atoms with Crippen LogP contribution in [-0.4, -0.2) is 20.6 Å². The van der Waals surface area contributed by atoms with Crippen LogP contribution in [0.15, 0.2) is 107 Å². The molecule has 0 fully saturated rings. The quantitative estimate of drug-likeness (QED) is 0.213. The number of hydrogen-bond donors (Lipinski definition) is 1. The topological polar surface area (TPSA) is 84.8 Å². The lowest BCUT2D eigenvalue weighted by molar-refractivity contribution is 0.0734. The van der Waals surface area contributed by atoms with Gasteiger partial charge < -0.3 is 4.74 Å². The second kappa shape index (κ2) is 8.81. The molecular formula is C24H18N2O4S. The first kappa shape index (κ1) is 20.3. The minimum atomic E-state index is -3.82. The van der Waals surface area contributed by atoms with E-state index in [1.807, 2.05) is 36.4 Å². The van der Waals surface area contributed by atoms with E-state index in [-0.39, 0.29) is 10.6 Å². The Hall–Kier alpha value is -3.97. The zero-order valence-corrected chi connectivity index (χ0v) is 17.1. The van der Waals surface area contributed by atoms with Crippen LogP contribution in [0.3, 0.4) is 0 Å². The molecule has 0 saturated heterocycles. The van der Waals surface area contributed by atoms with Crippen LogP contribution in [0.2, 0.25) is 0 Å². The molecule has 6 nitrogen and oxygen atoms in total. The molecule has 1 N–H and O–H groups in total. The summed E-state index contributed by atoms with van der Waals surface area (Å²) in [4.78, 5) is 14.8. The van der Waals surface area contributed by atoms with Gasteiger partial charge in [0.2, 0.25) is 0 Å². The normalized spacial score (nSPS) is 11.5. The first-order chi connectivity index (χ1) is 15.0. The molecule has 0 aliphatic heterocycles. The van der Waals surface area contributed by atoms with Crippen LogP contribution in [0.1, 0.15) is 15.9 Å². The molecule has 0 saturated carbocycles. The molecule has 154 valence electrons. The van der Waals surface area contributed by atoms with Gasteiger partial charge in [0, 0.05) is 5.56 Å². The predicted molar refractivity (Wildman–Crippen MR) is 120 cm³/mol. The van der Waals surface area contributed by atoms with E-state index in [0.29, 0.717) is 11.1 Å². The van der Waals surface area contributed by atoms with Crippen molar-refractivity contribution in [3.63, 3.8) is 0 Å². The highest BCUT2D eigenvalue weighted by Gasteiger charge is 2.14. The van der Waals surface area contributed by atoms with Gasteiger partial charge in [-0.3, -0.25) is 0 Å². The van der Waals surface area contributed by atoms with Crippen LogP contribution in [0.25, 0.3) is 10.8 Å². The predicted octanol–water partition coefficient (Wildman–Crippen LogP) is 4.37. The van der Waals surface area contributed by atoms with Crippen LogP contribution in [-0.2, 0) is 10.0 Å². The third-order valence-electron chi connectivity index (χ3n) is 4.56. The number of carbonyl (C=O) groups excluding carboxylic acids is 1. The summed E-state index contributed by atoms with van der Waals surface area (Å²) in [6.45, 7) is 0. The zero-order chi connectivity index (χ0) is 21.7. The molecule has 0 aromatic heterocycles. The zero-order valence-electron chi connectivity index (χ0n) is 16.3. The molecule has 0 radical (unpaired) electrons. The van der Waals surface area contributed by atoms with Gasteiger partial charge >= 0.3 is 5.97 Å². The highest BCUT2D eigenvalue weighted by molar-refractivity contribution is 7.89. The van der Waals surface area contributed by atoms with Gasteiger partial charge in [-0.2, -0.15) is 13.5 Å². The Balaban J connectivity index is 1.67. The van der Waals surface area contributed by atoms with Crippen molar-refractivity contribution in [2.45, 2.75) is 4.90 Å². The molecule has 4 aromatic rings. The van der Waals surface area contributed by atoms with Crippen molar-refractivity contribution in [2.75, 3.05) is 0 Å². The van der Waals surface area contributed by atoms with Gasteiger partial charge in [-0.25, -0.2) is 9.63 Å². The minimum absolute atomic E-state index is 0.0980. The van der Waals surface area contributed by atoms with E-state index in [0.717, 1.165) is 10.8 Å². The fourth-order valence-corrected chi connectivity index (χ4v) is 3.86. The summed E-state index contributed by atoms with van der Waals surface area (Å²) in [6.07, 6.45) is 1.34. The number of sulfonamides is 1. The summed E-state index contributed by atoms with van der Waals surface area (Å²) in [5.74, 6) is -0.245. The van der Waals surface area contributed by atoms with Gasteiger partial charge in [-0.15, -0.1) is 0 Å². The summed E-state index contributed by atoms with van der Waals surface area (Å²) < 4.78 is 30.4. The van der Waals surface area contributed by atoms with Gasteiger partial charge in [0.1, 0.15) is 5.75 Å². The highest BCUT2D eigenvalue weighted by Crippen LogP contribution is 2.27. The van der Waals surface area contributed by atoms with Gasteiger partial charge in [-0.05, 0) is 41.1 Å². The molecule has 0 bridgehead atoms. The van der Waals surface area contributed by atoms with Crippen LogP contribution in [0, 0.1) is 0 Å². The Bertz CT molecular complexity index is 1350. The molecule has 0 amide bonds. The third-order valence-corrected chi connectivity index (χ3v) is 5.80. The van der Waals surface area contributed by atoms with Crippen molar-refractivity contribution in [2.24, 2.45) is 5.10 Å². The number of fused-ring (bicyclic) bond motifs is 1. The Morgan fingerprint density at radius 2 is 1.45 bits per heavy atom. The van der Waals surface area contributed by atoms with Crippen molar-refractivity contribution in [3.05, 3.63) is 108 Å². The van der Waals surface area contributed by atoms with Crippen LogP contribution >= 0.6 is 0 Å². The standard InChI is InChI=1S/C24H18N2O4S/c27-24(19-10-3-1-4-11-19)30-23-16-15-18-9-7-8-14-21(18)22(23)17-25-26-31(28,29)20-12-5-2-6-13-20/h1-17,26H/b25-17-. The Kier molecular flexibility index (Phi) is 5.77. The van der Waals surface area contributed by atoms with Crippen LogP contribution in [0.5, 0.6) is 5.75 Å². The number of nitrogens with zero attached hydrogens (tertiary/aromatic N) is 1. The second-order valence-corrected chi connectivity index (χ2v) is 8.28. The lowest BCUT2D eigenvalue weighted by atomic mass is 10.0. The fourth-order valence-electron chi connectivity index (χ4n) is 3.04. The number of ether oxygens (including phenoxy) is 1. The number of nitrogens with one attached hydrogen (secondary N) is 1. The molecule has 4 rings (SSSR count). The number of benzene rings is 4. The summed E-state index contributed by atoms with van der Waals surface area (Å²) >= 11 is 0. The molecule has 0 atom stereocenters. The van der Waals surface area contributed by atoms with Gasteiger partial charge in [-0.1, -0.05) is 66.7 Å². The summed E-state index contributed by atoms with van der Waals surface area (Å²) in [6, 6.07) is 27.5. The monoisotopic (exact) mass is 430 g/mol. The van der Waals surface area contributed by atoms with E-state index in [4.69, 9.17) is 4.74 Å². The maximum Gasteiger partial charge on any atom is 0.343 e. The molecule has 31 heavy (non-hydrogen) atoms. The molecule has 4 aromatic carbocycles. The molecule has 0 aliphatic carbocycles. The maximum absolute atomic E-state index is 12.5. The smallest absolute Gasteiger partial charge is 0.343 e. The molecule has 0 spiro atoms. The second-order valence-electron chi connectivity index (χ2n) is 6.62. The van der Waals surface area contributed by atoms with E-state index in [1.165, 1.54) is 18.3 Å². The molecule has 0 unspecified atom stereocenters. The average molecular weight is 430 g/mol. The van der Waals surface area contributed by atoms with Crippen molar-refractivity contribution < 1.29 is 17.9 Å². The lowest BCUT2D eigenvalue weighted by Gasteiger charge is -2.11. The Morgan fingerprint density at radius 3 is 2.19 bits per heavy atom. The van der Waals surface area contributed by atoms with Gasteiger partial charge in [0.05, 0.1) is 16.7 Å². The van der Waals surface area contributed by atoms with Gasteiger partial charge in [0.25, 0.3) is 10.0 Å². The summed E-state index contributed by atoms with van der Waals surface area (Å²) in [7, 11) is -3.82. The number of rotatable bonds is 6. The first-order valence-corrected chi connectivity index (χ1v) is 10.9. The van der Waals surface area contributed by atoms with E-state index in [1.54, 1.807) is 48.5 Å². The van der Waals surface area contributed by atoms with E-state index in [9.17, 15) is 13.2 Å². The number of hydrazone groups is 1. The van der Waals surface area contributed by atoms with E-state index < -0.39 is 16.0 Å². The minimum Gasteiger partial charge on any atom is -0.422 e. The van der Waals surface area contributed by atoms with Gasteiger partial charge in [0.15, 0.2) is 0 Å². The summed E-state index contributed by atoms with van der Waals surface area (Å²) in [5, 5.41) is 5.59. The van der Waals surface area contributed by atoms with Crippen LogP contribution < -0.4 is 9.57 Å². The van der Waals surface area contributed by atoms with Crippen molar-refractivity contribution in [1.29, 1.82) is 0 Å². The molecule has 0 aliphatic rings. The highest BCUT2D eigenvalue weighted by atomic mass is 32.2. The number of carbonyl (C=O) groups is 1. The number of hydrogen-bond acceptors (Lipinski definition) is 5. The molecular weight excluding hydrogens is 412 g/mol. The largest absolute Gasteiger partial charge is 0.422 e. The molecule has 7 heteroatoms. The van der Waals surface area contributed by atoms with Crippen molar-refractivity contribution >= 4 is 33.0 Å². The Labute approximate surface area is 179 Å². The Morgan fingerprint density at radius 1 is 0.806 bits per heavy atom. The SMILES string of the molecule is O=C(Oc1ccc2ccccc2c1/C=N\NS(=O)(=O)c1ccccc1)c1ccccc1. The first-order valence-electron chi connectivity index (χ1n) is 9.43. The van der Waals surface area contributed by atoms with Crippen LogP contribution in [0.4, 0.5) is 0 Å². The van der Waals surface area contributed by atoms with Crippen molar-refractivity contribution in [3.8, 4) is 5.75 Å². The molecule has 0 heterocycles. The maximum atomic E-state index is 12.5. The lowest BCUT2D eigenvalue weighted by Crippen LogP contribution is -2.18. The number of esters is 1.